The molecule has 1 aliphatic rings. The van der Waals surface area contributed by atoms with Gasteiger partial charge in [0.2, 0.25) is 0 Å². The fourth-order valence-electron chi connectivity index (χ4n) is 3.72. The summed E-state index contributed by atoms with van der Waals surface area (Å²) in [5, 5.41) is 7.89. The van der Waals surface area contributed by atoms with Gasteiger partial charge >= 0.3 is 0 Å². The van der Waals surface area contributed by atoms with E-state index in [-0.39, 0.29) is 18.1 Å². The van der Waals surface area contributed by atoms with Gasteiger partial charge in [-0.25, -0.2) is 9.97 Å². The molecule has 0 unspecified atom stereocenters. The molecule has 0 saturated carbocycles. The van der Waals surface area contributed by atoms with Crippen molar-refractivity contribution in [2.75, 3.05) is 32.6 Å². The minimum atomic E-state index is -0.275. The molecule has 1 aliphatic heterocycles. The van der Waals surface area contributed by atoms with Crippen LogP contribution in [0.3, 0.4) is 0 Å². The highest BCUT2D eigenvalue weighted by molar-refractivity contribution is 7.14. The third-order valence-electron chi connectivity index (χ3n) is 5.02. The van der Waals surface area contributed by atoms with Crippen LogP contribution in [0.1, 0.15) is 30.0 Å². The monoisotopic (exact) mass is 474 g/mol. The summed E-state index contributed by atoms with van der Waals surface area (Å²) >= 11 is 2.82. The van der Waals surface area contributed by atoms with E-state index in [0.717, 1.165) is 35.9 Å². The average Bonchev–Trinajstić information content (AvgIpc) is 3.42. The number of ether oxygens (including phenoxy) is 3. The molecular formula is C22H26N4O4S2. The SMILES string of the molecule is COc1ccc(-c2nc(C(=O)Nc3nc(CN4C[C@H](C)O[C@@H](C)C4)cs3)cs2)cc1OC. The zero-order valence-corrected chi connectivity index (χ0v) is 20.1. The van der Waals surface area contributed by atoms with Crippen molar-refractivity contribution >= 4 is 33.7 Å². The van der Waals surface area contributed by atoms with Gasteiger partial charge in [0.1, 0.15) is 10.7 Å². The number of carbonyl (C=O) groups is 1. The summed E-state index contributed by atoms with van der Waals surface area (Å²) in [6, 6.07) is 5.56. The standard InChI is InChI=1S/C22H26N4O4S2/c1-13-8-26(9-14(2)30-13)10-16-11-32-22(23-16)25-20(27)17-12-31-21(24-17)15-5-6-18(28-3)19(7-15)29-4/h5-7,11-14H,8-10H2,1-4H3,(H,23,25,27)/t13-,14-/m0/s1. The molecule has 0 aliphatic carbocycles. The van der Waals surface area contributed by atoms with E-state index < -0.39 is 0 Å². The Morgan fingerprint density at radius 3 is 2.59 bits per heavy atom. The first-order chi connectivity index (χ1) is 15.4. The van der Waals surface area contributed by atoms with Crippen LogP contribution in [0, 0.1) is 0 Å². The van der Waals surface area contributed by atoms with Gasteiger partial charge in [-0.3, -0.25) is 15.0 Å². The van der Waals surface area contributed by atoms with Crippen molar-refractivity contribution in [3.8, 4) is 22.1 Å². The van der Waals surface area contributed by atoms with E-state index in [0.29, 0.717) is 22.3 Å². The molecule has 0 bridgehead atoms. The van der Waals surface area contributed by atoms with Crippen molar-refractivity contribution in [2.45, 2.75) is 32.6 Å². The lowest BCUT2D eigenvalue weighted by atomic mass is 10.2. The van der Waals surface area contributed by atoms with Crippen LogP contribution in [-0.2, 0) is 11.3 Å². The summed E-state index contributed by atoms with van der Waals surface area (Å²) in [5.41, 5.74) is 2.15. The number of morpholine rings is 1. The van der Waals surface area contributed by atoms with Crippen LogP contribution in [0.4, 0.5) is 5.13 Å². The third-order valence-corrected chi connectivity index (χ3v) is 6.72. The predicted octanol–water partition coefficient (Wildman–Crippen LogP) is 4.15. The molecule has 4 rings (SSSR count). The molecule has 8 nitrogen and oxygen atoms in total. The van der Waals surface area contributed by atoms with Crippen molar-refractivity contribution in [3.63, 3.8) is 0 Å². The number of hydrogen-bond donors (Lipinski definition) is 1. The highest BCUT2D eigenvalue weighted by Gasteiger charge is 2.23. The van der Waals surface area contributed by atoms with Crippen molar-refractivity contribution in [1.82, 2.24) is 14.9 Å². The molecule has 1 aromatic carbocycles. The fraction of sp³-hybridized carbons (Fsp3) is 0.409. The van der Waals surface area contributed by atoms with E-state index in [1.54, 1.807) is 19.6 Å². The van der Waals surface area contributed by atoms with Gasteiger partial charge in [-0.15, -0.1) is 22.7 Å². The first kappa shape index (κ1) is 22.7. The zero-order valence-electron chi connectivity index (χ0n) is 18.5. The maximum absolute atomic E-state index is 12.7. The van der Waals surface area contributed by atoms with Gasteiger partial charge in [0.05, 0.1) is 32.1 Å². The minimum absolute atomic E-state index is 0.209. The Kier molecular flexibility index (Phi) is 7.04. The van der Waals surface area contributed by atoms with Gasteiger partial charge < -0.3 is 14.2 Å². The van der Waals surface area contributed by atoms with Crippen LogP contribution in [-0.4, -0.2) is 60.3 Å². The molecule has 1 amide bonds. The van der Waals surface area contributed by atoms with Crippen LogP contribution in [0.5, 0.6) is 11.5 Å². The largest absolute Gasteiger partial charge is 0.493 e. The second-order valence-corrected chi connectivity index (χ2v) is 9.37. The molecule has 3 heterocycles. The Bertz CT molecular complexity index is 1070. The number of amides is 1. The maximum atomic E-state index is 12.7. The topological polar surface area (TPSA) is 85.8 Å². The number of thiazole rings is 2. The molecule has 2 aromatic heterocycles. The molecule has 170 valence electrons. The molecular weight excluding hydrogens is 448 g/mol. The molecule has 1 fully saturated rings. The van der Waals surface area contributed by atoms with E-state index in [2.05, 4.69) is 34.0 Å². The number of aromatic nitrogens is 2. The van der Waals surface area contributed by atoms with Gasteiger partial charge in [0.15, 0.2) is 16.6 Å². The summed E-state index contributed by atoms with van der Waals surface area (Å²) in [7, 11) is 3.18. The molecule has 3 aromatic rings. The minimum Gasteiger partial charge on any atom is -0.493 e. The molecule has 0 radical (unpaired) electrons. The molecule has 1 N–H and O–H groups in total. The van der Waals surface area contributed by atoms with Crippen LogP contribution < -0.4 is 14.8 Å². The number of benzene rings is 1. The first-order valence-electron chi connectivity index (χ1n) is 10.3. The summed E-state index contributed by atoms with van der Waals surface area (Å²) in [5.74, 6) is 0.986. The quantitative estimate of drug-likeness (QED) is 0.551. The molecule has 1 saturated heterocycles. The Hall–Kier alpha value is -2.53. The van der Waals surface area contributed by atoms with Gasteiger partial charge in [0, 0.05) is 36.0 Å². The Morgan fingerprint density at radius 2 is 1.88 bits per heavy atom. The smallest absolute Gasteiger partial charge is 0.276 e. The highest BCUT2D eigenvalue weighted by atomic mass is 32.1. The average molecular weight is 475 g/mol. The van der Waals surface area contributed by atoms with E-state index in [4.69, 9.17) is 14.2 Å². The van der Waals surface area contributed by atoms with Crippen LogP contribution in [0.2, 0.25) is 0 Å². The number of hydrogen-bond acceptors (Lipinski definition) is 9. The number of nitrogens with one attached hydrogen (secondary N) is 1. The van der Waals surface area contributed by atoms with Gasteiger partial charge in [-0.1, -0.05) is 0 Å². The third kappa shape index (κ3) is 5.26. The van der Waals surface area contributed by atoms with Crippen molar-refractivity contribution in [1.29, 1.82) is 0 Å². The van der Waals surface area contributed by atoms with Crippen molar-refractivity contribution in [3.05, 3.63) is 40.3 Å². The van der Waals surface area contributed by atoms with Gasteiger partial charge in [-0.2, -0.15) is 0 Å². The van der Waals surface area contributed by atoms with Gasteiger partial charge in [-0.05, 0) is 32.0 Å². The predicted molar refractivity (Wildman–Crippen MR) is 126 cm³/mol. The van der Waals surface area contributed by atoms with Crippen LogP contribution >= 0.6 is 22.7 Å². The highest BCUT2D eigenvalue weighted by Crippen LogP contribution is 2.33. The Balaban J connectivity index is 1.40. The molecule has 10 heteroatoms. The first-order valence-corrected chi connectivity index (χ1v) is 12.0. The second-order valence-electron chi connectivity index (χ2n) is 7.66. The summed E-state index contributed by atoms with van der Waals surface area (Å²) in [6.45, 7) is 6.66. The lowest BCUT2D eigenvalue weighted by Gasteiger charge is -2.34. The maximum Gasteiger partial charge on any atom is 0.276 e. The normalized spacial score (nSPS) is 19.0. The van der Waals surface area contributed by atoms with Crippen molar-refractivity contribution in [2.24, 2.45) is 0 Å². The second kappa shape index (κ2) is 9.95. The summed E-state index contributed by atoms with van der Waals surface area (Å²) < 4.78 is 16.4. The van der Waals surface area contributed by atoms with E-state index >= 15 is 0 Å². The number of anilines is 1. The number of carbonyl (C=O) groups excluding carboxylic acids is 1. The number of rotatable bonds is 7. The fourth-order valence-corrected chi connectivity index (χ4v) is 5.21. The molecule has 2 atom stereocenters. The number of methoxy groups -OCH3 is 2. The van der Waals surface area contributed by atoms with Crippen LogP contribution in [0.25, 0.3) is 10.6 Å². The summed E-state index contributed by atoms with van der Waals surface area (Å²) in [4.78, 5) is 24.1. The van der Waals surface area contributed by atoms with E-state index in [9.17, 15) is 4.79 Å². The number of nitrogens with zero attached hydrogens (tertiary/aromatic N) is 3. The van der Waals surface area contributed by atoms with E-state index in [1.807, 2.05) is 23.6 Å². The summed E-state index contributed by atoms with van der Waals surface area (Å²) in [6.07, 6.45) is 0.419. The van der Waals surface area contributed by atoms with E-state index in [1.165, 1.54) is 22.7 Å². The Morgan fingerprint density at radius 1 is 1.12 bits per heavy atom. The Labute approximate surface area is 195 Å². The van der Waals surface area contributed by atoms with Gasteiger partial charge in [0.25, 0.3) is 5.91 Å². The molecule has 32 heavy (non-hydrogen) atoms. The molecule has 0 spiro atoms. The zero-order chi connectivity index (χ0) is 22.7. The van der Waals surface area contributed by atoms with Crippen molar-refractivity contribution < 1.29 is 19.0 Å². The van der Waals surface area contributed by atoms with Crippen LogP contribution in [0.15, 0.2) is 29.0 Å². The lowest BCUT2D eigenvalue weighted by Crippen LogP contribution is -2.44. The lowest BCUT2D eigenvalue weighted by molar-refractivity contribution is -0.0707.